The molecule has 1 aliphatic rings. The van der Waals surface area contributed by atoms with Crippen LogP contribution in [0.2, 0.25) is 0 Å². The van der Waals surface area contributed by atoms with Gasteiger partial charge in [0.1, 0.15) is 11.9 Å². The molecule has 0 aliphatic heterocycles. The maximum Gasteiger partial charge on any atom is 0.119 e. The highest BCUT2D eigenvalue weighted by molar-refractivity contribution is 5.29. The summed E-state index contributed by atoms with van der Waals surface area (Å²) >= 11 is 0. The van der Waals surface area contributed by atoms with E-state index in [1.54, 1.807) is 0 Å². The Morgan fingerprint density at radius 2 is 1.89 bits per heavy atom. The third-order valence-electron chi connectivity index (χ3n) is 4.06. The molecule has 0 amide bonds. The molecule has 1 aromatic carbocycles. The van der Waals surface area contributed by atoms with Gasteiger partial charge < -0.3 is 10.5 Å². The monoisotopic (exact) mass is 247 g/mol. The number of ether oxygens (including phenoxy) is 1. The van der Waals surface area contributed by atoms with Crippen molar-refractivity contribution in [1.29, 1.82) is 0 Å². The molecule has 1 aromatic rings. The van der Waals surface area contributed by atoms with E-state index in [2.05, 4.69) is 31.2 Å². The average Bonchev–Trinajstić information content (AvgIpc) is 2.40. The quantitative estimate of drug-likeness (QED) is 0.871. The van der Waals surface area contributed by atoms with Gasteiger partial charge in [-0.2, -0.15) is 0 Å². The van der Waals surface area contributed by atoms with E-state index >= 15 is 0 Å². The fourth-order valence-corrected chi connectivity index (χ4v) is 2.82. The second-order valence-corrected chi connectivity index (χ2v) is 5.47. The molecule has 0 heterocycles. The lowest BCUT2D eigenvalue weighted by Crippen LogP contribution is -2.29. The lowest BCUT2D eigenvalue weighted by atomic mass is 9.85. The van der Waals surface area contributed by atoms with Gasteiger partial charge in [-0.1, -0.05) is 25.5 Å². The summed E-state index contributed by atoms with van der Waals surface area (Å²) in [5.74, 6) is 1.72. The molecular weight excluding hydrogens is 222 g/mol. The van der Waals surface area contributed by atoms with Crippen LogP contribution < -0.4 is 10.5 Å². The molecule has 0 aromatic heterocycles. The van der Waals surface area contributed by atoms with Gasteiger partial charge in [0, 0.05) is 6.04 Å². The molecule has 18 heavy (non-hydrogen) atoms. The molecule has 1 aliphatic carbocycles. The van der Waals surface area contributed by atoms with Crippen LogP contribution in [-0.4, -0.2) is 6.10 Å². The van der Waals surface area contributed by atoms with Crippen molar-refractivity contribution in [3.8, 4) is 5.75 Å². The number of hydrogen-bond donors (Lipinski definition) is 1. The third-order valence-corrected chi connectivity index (χ3v) is 4.06. The van der Waals surface area contributed by atoms with E-state index in [-0.39, 0.29) is 6.04 Å². The van der Waals surface area contributed by atoms with Gasteiger partial charge in [0.25, 0.3) is 0 Å². The fourth-order valence-electron chi connectivity index (χ4n) is 2.82. The highest BCUT2D eigenvalue weighted by Crippen LogP contribution is 2.30. The Labute approximate surface area is 111 Å². The van der Waals surface area contributed by atoms with Crippen molar-refractivity contribution in [2.75, 3.05) is 0 Å². The van der Waals surface area contributed by atoms with Gasteiger partial charge in [-0.3, -0.25) is 0 Å². The first kappa shape index (κ1) is 13.4. The smallest absolute Gasteiger partial charge is 0.119 e. The van der Waals surface area contributed by atoms with E-state index in [1.165, 1.54) is 32.1 Å². The topological polar surface area (TPSA) is 35.2 Å². The number of benzene rings is 1. The van der Waals surface area contributed by atoms with Gasteiger partial charge >= 0.3 is 0 Å². The first-order valence-corrected chi connectivity index (χ1v) is 7.23. The lowest BCUT2D eigenvalue weighted by Gasteiger charge is -2.31. The Bertz CT molecular complexity index is 358. The summed E-state index contributed by atoms with van der Waals surface area (Å²) in [5.41, 5.74) is 7.02. The Balaban J connectivity index is 1.99. The molecule has 1 fully saturated rings. The van der Waals surface area contributed by atoms with Crippen molar-refractivity contribution in [1.82, 2.24) is 0 Å². The zero-order valence-electron chi connectivity index (χ0n) is 11.6. The normalized spacial score (nSPS) is 25.7. The zero-order chi connectivity index (χ0) is 13.0. The molecule has 2 heteroatoms. The van der Waals surface area contributed by atoms with Crippen LogP contribution in [0.1, 0.15) is 57.6 Å². The first-order valence-electron chi connectivity index (χ1n) is 7.23. The number of rotatable bonds is 4. The summed E-state index contributed by atoms with van der Waals surface area (Å²) in [6, 6.07) is 8.35. The predicted molar refractivity (Wildman–Crippen MR) is 75.7 cm³/mol. The Morgan fingerprint density at radius 1 is 1.22 bits per heavy atom. The Kier molecular flexibility index (Phi) is 4.65. The van der Waals surface area contributed by atoms with Crippen LogP contribution in [0.4, 0.5) is 0 Å². The molecule has 100 valence electrons. The van der Waals surface area contributed by atoms with Crippen LogP contribution in [0.25, 0.3) is 0 Å². The van der Waals surface area contributed by atoms with Gasteiger partial charge in [0.15, 0.2) is 0 Å². The summed E-state index contributed by atoms with van der Waals surface area (Å²) in [5, 5.41) is 0. The van der Waals surface area contributed by atoms with Crippen molar-refractivity contribution in [2.24, 2.45) is 11.7 Å². The molecule has 3 atom stereocenters. The van der Waals surface area contributed by atoms with Crippen LogP contribution in [-0.2, 0) is 0 Å². The van der Waals surface area contributed by atoms with Gasteiger partial charge in [0.05, 0.1) is 0 Å². The molecule has 2 rings (SSSR count). The third kappa shape index (κ3) is 3.26. The predicted octanol–water partition coefficient (Wildman–Crippen LogP) is 4.05. The van der Waals surface area contributed by atoms with E-state index in [1.807, 2.05) is 6.92 Å². The molecule has 0 radical (unpaired) electrons. The second kappa shape index (κ2) is 6.24. The minimum absolute atomic E-state index is 0.0946. The molecule has 0 spiro atoms. The van der Waals surface area contributed by atoms with E-state index < -0.39 is 0 Å². The largest absolute Gasteiger partial charge is 0.490 e. The fraction of sp³-hybridized carbons (Fsp3) is 0.625. The van der Waals surface area contributed by atoms with Crippen LogP contribution in [0, 0.1) is 5.92 Å². The van der Waals surface area contributed by atoms with Crippen LogP contribution in [0.3, 0.4) is 0 Å². The minimum atomic E-state index is 0.0946. The van der Waals surface area contributed by atoms with Crippen molar-refractivity contribution in [3.63, 3.8) is 0 Å². The molecule has 0 bridgehead atoms. The highest BCUT2D eigenvalue weighted by atomic mass is 16.5. The summed E-state index contributed by atoms with van der Waals surface area (Å²) in [6.07, 6.45) is 6.82. The second-order valence-electron chi connectivity index (χ2n) is 5.47. The number of nitrogens with two attached hydrogens (primary N) is 1. The Morgan fingerprint density at radius 3 is 2.50 bits per heavy atom. The Hall–Kier alpha value is -1.02. The standard InChI is InChI=1S/C16H25NO/c1-3-13-6-4-5-7-16(13)18-15-10-8-14(9-11-15)12(2)17/h8-13,16H,3-7,17H2,1-2H3. The molecule has 2 nitrogen and oxygen atoms in total. The number of hydrogen-bond acceptors (Lipinski definition) is 2. The maximum absolute atomic E-state index is 6.15. The van der Waals surface area contributed by atoms with E-state index in [9.17, 15) is 0 Å². The summed E-state index contributed by atoms with van der Waals surface area (Å²) in [7, 11) is 0. The van der Waals surface area contributed by atoms with Crippen LogP contribution in [0.15, 0.2) is 24.3 Å². The first-order chi connectivity index (χ1) is 8.70. The van der Waals surface area contributed by atoms with Gasteiger partial charge in [-0.15, -0.1) is 0 Å². The van der Waals surface area contributed by atoms with E-state index in [4.69, 9.17) is 10.5 Å². The van der Waals surface area contributed by atoms with Gasteiger partial charge in [-0.05, 0) is 56.2 Å². The van der Waals surface area contributed by atoms with Crippen LogP contribution in [0.5, 0.6) is 5.75 Å². The molecule has 1 saturated carbocycles. The summed E-state index contributed by atoms with van der Waals surface area (Å²) in [4.78, 5) is 0. The van der Waals surface area contributed by atoms with Gasteiger partial charge in [-0.25, -0.2) is 0 Å². The maximum atomic E-state index is 6.15. The van der Waals surface area contributed by atoms with Crippen molar-refractivity contribution >= 4 is 0 Å². The minimum Gasteiger partial charge on any atom is -0.490 e. The molecule has 2 N–H and O–H groups in total. The molecule has 3 unspecified atom stereocenters. The van der Waals surface area contributed by atoms with Crippen molar-refractivity contribution < 1.29 is 4.74 Å². The SMILES string of the molecule is CCC1CCCCC1Oc1ccc(C(C)N)cc1. The van der Waals surface area contributed by atoms with E-state index in [0.717, 1.165) is 17.2 Å². The van der Waals surface area contributed by atoms with Gasteiger partial charge in [0.2, 0.25) is 0 Å². The van der Waals surface area contributed by atoms with E-state index in [0.29, 0.717) is 6.10 Å². The van der Waals surface area contributed by atoms with Crippen molar-refractivity contribution in [3.05, 3.63) is 29.8 Å². The highest BCUT2D eigenvalue weighted by Gasteiger charge is 2.25. The van der Waals surface area contributed by atoms with Crippen LogP contribution >= 0.6 is 0 Å². The molecule has 0 saturated heterocycles. The molecular formula is C16H25NO. The van der Waals surface area contributed by atoms with Crippen molar-refractivity contribution in [2.45, 2.75) is 58.1 Å². The summed E-state index contributed by atoms with van der Waals surface area (Å²) < 4.78 is 6.15. The average molecular weight is 247 g/mol. The zero-order valence-corrected chi connectivity index (χ0v) is 11.6. The lowest BCUT2D eigenvalue weighted by molar-refractivity contribution is 0.0904. The summed E-state index contributed by atoms with van der Waals surface area (Å²) in [6.45, 7) is 4.27.